The molecule has 0 radical (unpaired) electrons. The summed E-state index contributed by atoms with van der Waals surface area (Å²) in [5.41, 5.74) is 3.91. The van der Waals surface area contributed by atoms with Crippen LogP contribution in [0.4, 0.5) is 0 Å². The van der Waals surface area contributed by atoms with Gasteiger partial charge in [0.1, 0.15) is 0 Å². The first-order valence-electron chi connectivity index (χ1n) is 9.92. The zero-order valence-electron chi connectivity index (χ0n) is 15.7. The molecule has 0 spiro atoms. The Balaban J connectivity index is 1.23. The molecule has 3 fully saturated rings. The van der Waals surface area contributed by atoms with E-state index in [1.165, 1.54) is 35.0 Å². The van der Waals surface area contributed by atoms with Crippen molar-refractivity contribution in [3.63, 3.8) is 0 Å². The van der Waals surface area contributed by atoms with Gasteiger partial charge in [0, 0.05) is 55.1 Å². The average molecular weight is 352 g/mol. The highest BCUT2D eigenvalue weighted by Crippen LogP contribution is 2.47. The average Bonchev–Trinajstić information content (AvgIpc) is 3.39. The molecule has 0 aliphatic carbocycles. The molecule has 3 aliphatic heterocycles. The number of aromatic amines is 1. The van der Waals surface area contributed by atoms with Crippen LogP contribution in [0.5, 0.6) is 0 Å². The number of rotatable bonds is 3. The van der Waals surface area contributed by atoms with E-state index < -0.39 is 0 Å². The van der Waals surface area contributed by atoms with Gasteiger partial charge >= 0.3 is 0 Å². The molecule has 1 aromatic heterocycles. The molecule has 138 valence electrons. The van der Waals surface area contributed by atoms with Gasteiger partial charge in [-0.3, -0.25) is 4.99 Å². The molecule has 5 rings (SSSR count). The lowest BCUT2D eigenvalue weighted by molar-refractivity contribution is 0.0767. The highest BCUT2D eigenvalue weighted by atomic mass is 16.5. The van der Waals surface area contributed by atoms with Crippen molar-refractivity contribution >= 4 is 16.9 Å². The molecule has 0 amide bonds. The Labute approximate surface area is 154 Å². The van der Waals surface area contributed by atoms with Gasteiger partial charge in [-0.1, -0.05) is 18.2 Å². The van der Waals surface area contributed by atoms with Crippen LogP contribution in [-0.4, -0.2) is 54.7 Å². The quantitative estimate of drug-likeness (QED) is 0.660. The number of aromatic nitrogens is 1. The predicted molar refractivity (Wildman–Crippen MR) is 105 cm³/mol. The number of para-hydroxylation sites is 1. The summed E-state index contributed by atoms with van der Waals surface area (Å²) in [6.07, 6.45) is 4.52. The number of aliphatic imine (C=N–C) groups is 1. The Morgan fingerprint density at radius 2 is 1.96 bits per heavy atom. The number of nitrogens with zero attached hydrogens (tertiary/aromatic N) is 2. The standard InChI is InChI=1S/C21H28N4O/c1-13-14(15-5-3-4-6-18(15)24-13)9-10-23-21(22-2)25-11-16-17(12-25)20-8-7-19(16)26-20/h3-6,16-17,19-20,24H,7-12H2,1-2H3,(H,22,23). The molecule has 2 bridgehead atoms. The van der Waals surface area contributed by atoms with Crippen molar-refractivity contribution in [1.29, 1.82) is 0 Å². The molecule has 4 unspecified atom stereocenters. The van der Waals surface area contributed by atoms with Crippen LogP contribution in [0.15, 0.2) is 29.3 Å². The molecule has 1 aromatic carbocycles. The Hall–Kier alpha value is -2.01. The molecule has 4 atom stereocenters. The predicted octanol–water partition coefficient (Wildman–Crippen LogP) is 2.70. The van der Waals surface area contributed by atoms with Crippen molar-refractivity contribution in [2.24, 2.45) is 16.8 Å². The van der Waals surface area contributed by atoms with Crippen molar-refractivity contribution in [2.45, 2.75) is 38.4 Å². The summed E-state index contributed by atoms with van der Waals surface area (Å²) in [5, 5.41) is 4.94. The number of H-pyrrole nitrogens is 1. The van der Waals surface area contributed by atoms with Crippen molar-refractivity contribution in [2.75, 3.05) is 26.7 Å². The van der Waals surface area contributed by atoms with Crippen LogP contribution in [0.2, 0.25) is 0 Å². The van der Waals surface area contributed by atoms with E-state index in [2.05, 4.69) is 51.4 Å². The number of ether oxygens (including phenoxy) is 1. The number of nitrogens with one attached hydrogen (secondary N) is 2. The maximum Gasteiger partial charge on any atom is 0.193 e. The lowest BCUT2D eigenvalue weighted by Gasteiger charge is -2.23. The molecule has 3 aliphatic rings. The van der Waals surface area contributed by atoms with Gasteiger partial charge < -0.3 is 19.9 Å². The molecule has 0 saturated carbocycles. The van der Waals surface area contributed by atoms with E-state index in [4.69, 9.17) is 4.74 Å². The van der Waals surface area contributed by atoms with E-state index in [-0.39, 0.29) is 0 Å². The molecular weight excluding hydrogens is 324 g/mol. The fourth-order valence-corrected chi connectivity index (χ4v) is 5.42. The minimum absolute atomic E-state index is 0.502. The molecule has 4 heterocycles. The third-order valence-corrected chi connectivity index (χ3v) is 6.65. The first kappa shape index (κ1) is 16.2. The highest BCUT2D eigenvalue weighted by molar-refractivity contribution is 5.85. The van der Waals surface area contributed by atoms with Crippen molar-refractivity contribution in [3.8, 4) is 0 Å². The lowest BCUT2D eigenvalue weighted by atomic mass is 9.82. The van der Waals surface area contributed by atoms with Crippen molar-refractivity contribution < 1.29 is 4.74 Å². The molecule has 2 N–H and O–H groups in total. The van der Waals surface area contributed by atoms with Gasteiger partial charge in [-0.2, -0.15) is 0 Å². The van der Waals surface area contributed by atoms with Gasteiger partial charge in [0.25, 0.3) is 0 Å². The number of benzene rings is 1. The number of guanidine groups is 1. The maximum atomic E-state index is 6.09. The van der Waals surface area contributed by atoms with E-state index >= 15 is 0 Å². The van der Waals surface area contributed by atoms with Crippen LogP contribution >= 0.6 is 0 Å². The van der Waals surface area contributed by atoms with Crippen LogP contribution in [0.25, 0.3) is 10.9 Å². The largest absolute Gasteiger partial charge is 0.374 e. The van der Waals surface area contributed by atoms with E-state index in [1.807, 2.05) is 7.05 Å². The smallest absolute Gasteiger partial charge is 0.193 e. The maximum absolute atomic E-state index is 6.09. The second kappa shape index (κ2) is 6.31. The summed E-state index contributed by atoms with van der Waals surface area (Å²) in [6, 6.07) is 8.56. The van der Waals surface area contributed by atoms with Gasteiger partial charge in [0.2, 0.25) is 0 Å². The summed E-state index contributed by atoms with van der Waals surface area (Å²) in [7, 11) is 1.90. The van der Waals surface area contributed by atoms with E-state index in [0.29, 0.717) is 24.0 Å². The molecule has 2 aromatic rings. The van der Waals surface area contributed by atoms with E-state index in [9.17, 15) is 0 Å². The zero-order chi connectivity index (χ0) is 17.7. The van der Waals surface area contributed by atoms with Crippen LogP contribution in [0, 0.1) is 18.8 Å². The number of hydrogen-bond acceptors (Lipinski definition) is 2. The van der Waals surface area contributed by atoms with Gasteiger partial charge in [0.15, 0.2) is 5.96 Å². The van der Waals surface area contributed by atoms with E-state index in [1.54, 1.807) is 0 Å². The van der Waals surface area contributed by atoms with Crippen LogP contribution < -0.4 is 5.32 Å². The second-order valence-corrected chi connectivity index (χ2v) is 8.02. The Morgan fingerprint density at radius 1 is 1.23 bits per heavy atom. The summed E-state index contributed by atoms with van der Waals surface area (Å²) in [6.45, 7) is 5.27. The van der Waals surface area contributed by atoms with E-state index in [0.717, 1.165) is 32.0 Å². The Morgan fingerprint density at radius 3 is 2.69 bits per heavy atom. The summed E-state index contributed by atoms with van der Waals surface area (Å²) in [5.74, 6) is 2.47. The summed E-state index contributed by atoms with van der Waals surface area (Å²) in [4.78, 5) is 10.5. The van der Waals surface area contributed by atoms with Crippen molar-refractivity contribution in [3.05, 3.63) is 35.5 Å². The Kier molecular flexibility index (Phi) is 3.92. The van der Waals surface area contributed by atoms with Crippen molar-refractivity contribution in [1.82, 2.24) is 15.2 Å². The first-order chi connectivity index (χ1) is 12.7. The lowest BCUT2D eigenvalue weighted by Crippen LogP contribution is -2.42. The first-order valence-corrected chi connectivity index (χ1v) is 9.92. The SMILES string of the molecule is CN=C(NCCc1c(C)[nH]c2ccccc12)N1CC2C3CCC(O3)C2C1. The minimum Gasteiger partial charge on any atom is -0.374 e. The van der Waals surface area contributed by atoms with Gasteiger partial charge in [-0.15, -0.1) is 0 Å². The highest BCUT2D eigenvalue weighted by Gasteiger charge is 2.53. The van der Waals surface area contributed by atoms with Gasteiger partial charge in [0.05, 0.1) is 12.2 Å². The normalized spacial score (nSPS) is 30.4. The number of hydrogen-bond donors (Lipinski definition) is 2. The second-order valence-electron chi connectivity index (χ2n) is 8.02. The third kappa shape index (κ3) is 2.52. The topological polar surface area (TPSA) is 52.7 Å². The van der Waals surface area contributed by atoms with Crippen LogP contribution in [-0.2, 0) is 11.2 Å². The third-order valence-electron chi connectivity index (χ3n) is 6.65. The number of aryl methyl sites for hydroxylation is 1. The zero-order valence-corrected chi connectivity index (χ0v) is 15.7. The Bertz CT molecular complexity index is 824. The monoisotopic (exact) mass is 352 g/mol. The minimum atomic E-state index is 0.502. The molecule has 5 heteroatoms. The molecule has 26 heavy (non-hydrogen) atoms. The van der Waals surface area contributed by atoms with Gasteiger partial charge in [-0.05, 0) is 37.8 Å². The molecule has 5 nitrogen and oxygen atoms in total. The van der Waals surface area contributed by atoms with Crippen LogP contribution in [0.3, 0.4) is 0 Å². The number of likely N-dealkylation sites (tertiary alicyclic amines) is 1. The fourth-order valence-electron chi connectivity index (χ4n) is 5.42. The molecule has 3 saturated heterocycles. The summed E-state index contributed by atoms with van der Waals surface area (Å²) >= 11 is 0. The van der Waals surface area contributed by atoms with Crippen LogP contribution in [0.1, 0.15) is 24.1 Å². The number of fused-ring (bicyclic) bond motifs is 6. The molecular formula is C21H28N4O. The summed E-state index contributed by atoms with van der Waals surface area (Å²) < 4.78 is 6.09. The fraction of sp³-hybridized carbons (Fsp3) is 0.571. The van der Waals surface area contributed by atoms with Gasteiger partial charge in [-0.25, -0.2) is 0 Å².